The molecule has 2 aliphatic heterocycles. The molecule has 0 aromatic carbocycles. The van der Waals surface area contributed by atoms with E-state index in [2.05, 4.69) is 77.8 Å². The molecule has 0 amide bonds. The number of rotatable bonds is 6. The third kappa shape index (κ3) is 5.44. The van der Waals surface area contributed by atoms with Crippen molar-refractivity contribution in [1.29, 1.82) is 0 Å². The van der Waals surface area contributed by atoms with Gasteiger partial charge in [0.1, 0.15) is 5.82 Å². The standard InChI is InChI=1S/C16H25BrIN5/c1-10(11-2-3-11)8-14(18)22-15-13(17)9-20-16(23-15)21-12-4-6-19-7-5-12/h8-9,11-12,14,16,19,21-23H,2-7H2,1H3/b10-8+. The normalized spacial score (nSPS) is 27.8. The minimum absolute atomic E-state index is 0.0565. The highest BCUT2D eigenvalue weighted by atomic mass is 127. The van der Waals surface area contributed by atoms with E-state index in [1.54, 1.807) is 0 Å². The second-order valence-electron chi connectivity index (χ2n) is 6.47. The number of nitrogens with zero attached hydrogens (tertiary/aromatic N) is 1. The van der Waals surface area contributed by atoms with Crippen molar-refractivity contribution in [2.24, 2.45) is 10.9 Å². The maximum atomic E-state index is 4.53. The molecule has 0 aromatic rings. The van der Waals surface area contributed by atoms with Crippen LogP contribution in [0.1, 0.15) is 32.6 Å². The highest BCUT2D eigenvalue weighted by molar-refractivity contribution is 14.1. The third-order valence-corrected chi connectivity index (χ3v) is 5.77. The highest BCUT2D eigenvalue weighted by Crippen LogP contribution is 2.36. The monoisotopic (exact) mass is 493 g/mol. The van der Waals surface area contributed by atoms with Gasteiger partial charge in [0.25, 0.3) is 0 Å². The van der Waals surface area contributed by atoms with Crippen LogP contribution in [0, 0.1) is 5.92 Å². The molecular weight excluding hydrogens is 469 g/mol. The van der Waals surface area contributed by atoms with Gasteiger partial charge in [0.05, 0.1) is 8.53 Å². The summed E-state index contributed by atoms with van der Waals surface area (Å²) in [5.41, 5.74) is 1.50. The molecule has 7 heteroatoms. The van der Waals surface area contributed by atoms with Gasteiger partial charge in [-0.2, -0.15) is 0 Å². The zero-order chi connectivity index (χ0) is 16.2. The summed E-state index contributed by atoms with van der Waals surface area (Å²) in [6.45, 7) is 4.41. The Bertz CT molecular complexity index is 509. The molecule has 2 atom stereocenters. The lowest BCUT2D eigenvalue weighted by molar-refractivity contribution is 0.329. The first-order valence-corrected chi connectivity index (χ1v) is 10.4. The number of hydrogen-bond donors (Lipinski definition) is 4. The summed E-state index contributed by atoms with van der Waals surface area (Å²) in [7, 11) is 0. The molecule has 2 fully saturated rings. The van der Waals surface area contributed by atoms with Crippen LogP contribution in [-0.4, -0.2) is 35.7 Å². The maximum absolute atomic E-state index is 4.53. The zero-order valence-electron chi connectivity index (χ0n) is 13.4. The van der Waals surface area contributed by atoms with Crippen molar-refractivity contribution in [2.75, 3.05) is 13.1 Å². The lowest BCUT2D eigenvalue weighted by Crippen LogP contribution is -2.52. The second kappa shape index (κ2) is 8.31. The Morgan fingerprint density at radius 3 is 2.83 bits per heavy atom. The summed E-state index contributed by atoms with van der Waals surface area (Å²) in [5.74, 6) is 1.83. The van der Waals surface area contributed by atoms with Crippen LogP contribution in [0.15, 0.2) is 26.9 Å². The van der Waals surface area contributed by atoms with Crippen LogP contribution in [0.5, 0.6) is 0 Å². The van der Waals surface area contributed by atoms with E-state index in [1.807, 2.05) is 6.21 Å². The third-order valence-electron chi connectivity index (χ3n) is 4.50. The van der Waals surface area contributed by atoms with E-state index in [-0.39, 0.29) is 10.3 Å². The molecule has 2 unspecified atom stereocenters. The van der Waals surface area contributed by atoms with Gasteiger partial charge in [-0.1, -0.05) is 34.2 Å². The van der Waals surface area contributed by atoms with Crippen LogP contribution in [0.4, 0.5) is 0 Å². The second-order valence-corrected chi connectivity index (χ2v) is 8.67. The molecule has 23 heavy (non-hydrogen) atoms. The zero-order valence-corrected chi connectivity index (χ0v) is 17.2. The number of hydrogen-bond acceptors (Lipinski definition) is 5. The SMILES string of the molecule is C/C(=C\C(I)NC1=C(Br)C=NC(NC2CCNCC2)N1)C1CC1. The van der Waals surface area contributed by atoms with Gasteiger partial charge < -0.3 is 16.0 Å². The Morgan fingerprint density at radius 2 is 2.13 bits per heavy atom. The van der Waals surface area contributed by atoms with Crippen molar-refractivity contribution in [1.82, 2.24) is 21.3 Å². The van der Waals surface area contributed by atoms with Gasteiger partial charge in [-0.25, -0.2) is 0 Å². The Kier molecular flexibility index (Phi) is 6.39. The topological polar surface area (TPSA) is 60.5 Å². The van der Waals surface area contributed by atoms with Crippen molar-refractivity contribution in [3.63, 3.8) is 0 Å². The summed E-state index contributed by atoms with van der Waals surface area (Å²) >= 11 is 6.02. The van der Waals surface area contributed by atoms with E-state index >= 15 is 0 Å². The summed E-state index contributed by atoms with van der Waals surface area (Å²) in [6, 6.07) is 0.524. The Balaban J connectivity index is 1.53. The fraction of sp³-hybridized carbons (Fsp3) is 0.688. The Labute approximate surface area is 160 Å². The van der Waals surface area contributed by atoms with Crippen LogP contribution >= 0.6 is 38.5 Å². The molecule has 1 aliphatic carbocycles. The lowest BCUT2D eigenvalue weighted by Gasteiger charge is -2.31. The van der Waals surface area contributed by atoms with Crippen molar-refractivity contribution in [2.45, 2.75) is 49.0 Å². The van der Waals surface area contributed by atoms with Crippen molar-refractivity contribution >= 4 is 44.7 Å². The van der Waals surface area contributed by atoms with Crippen LogP contribution in [0.3, 0.4) is 0 Å². The Hall–Kier alpha value is -0.120. The first-order chi connectivity index (χ1) is 11.1. The Morgan fingerprint density at radius 1 is 1.39 bits per heavy atom. The van der Waals surface area contributed by atoms with Crippen LogP contribution in [-0.2, 0) is 0 Å². The average Bonchev–Trinajstić information content (AvgIpc) is 3.36. The number of piperidine rings is 1. The molecule has 0 bridgehead atoms. The van der Waals surface area contributed by atoms with Gasteiger partial charge >= 0.3 is 0 Å². The fourth-order valence-electron chi connectivity index (χ4n) is 2.94. The molecule has 2 heterocycles. The van der Waals surface area contributed by atoms with E-state index in [1.165, 1.54) is 18.4 Å². The molecule has 1 saturated carbocycles. The van der Waals surface area contributed by atoms with Crippen LogP contribution in [0.2, 0.25) is 0 Å². The number of aliphatic imine (C=N–C) groups is 1. The molecular formula is C16H25BrIN5. The van der Waals surface area contributed by atoms with Gasteiger partial charge in [-0.05, 0) is 67.5 Å². The van der Waals surface area contributed by atoms with Crippen molar-refractivity contribution < 1.29 is 0 Å². The smallest absolute Gasteiger partial charge is 0.175 e. The molecule has 4 N–H and O–H groups in total. The first kappa shape index (κ1) is 17.7. The highest BCUT2D eigenvalue weighted by Gasteiger charge is 2.24. The summed E-state index contributed by atoms with van der Waals surface area (Å²) in [4.78, 5) is 4.53. The van der Waals surface area contributed by atoms with Crippen LogP contribution in [0.25, 0.3) is 0 Å². The number of allylic oxidation sites excluding steroid dienone is 2. The predicted octanol–water partition coefficient (Wildman–Crippen LogP) is 2.56. The van der Waals surface area contributed by atoms with E-state index in [4.69, 9.17) is 0 Å². The van der Waals surface area contributed by atoms with Crippen molar-refractivity contribution in [3.8, 4) is 0 Å². The van der Waals surface area contributed by atoms with E-state index in [0.717, 1.165) is 42.2 Å². The quantitative estimate of drug-likeness (QED) is 0.199. The summed E-state index contributed by atoms with van der Waals surface area (Å²) in [5, 5.41) is 14.0. The van der Waals surface area contributed by atoms with Gasteiger partial charge in [-0.15, -0.1) is 0 Å². The molecule has 0 radical (unpaired) electrons. The average molecular weight is 494 g/mol. The molecule has 0 spiro atoms. The van der Waals surface area contributed by atoms with E-state index in [0.29, 0.717) is 6.04 Å². The molecule has 1 saturated heterocycles. The molecule has 0 aromatic heterocycles. The predicted molar refractivity (Wildman–Crippen MR) is 108 cm³/mol. The summed E-state index contributed by atoms with van der Waals surface area (Å²) in [6.07, 6.45) is 9.17. The minimum atomic E-state index is -0.0565. The number of nitrogens with one attached hydrogen (secondary N) is 4. The van der Waals surface area contributed by atoms with Gasteiger partial charge in [0, 0.05) is 12.3 Å². The largest absolute Gasteiger partial charge is 0.356 e. The van der Waals surface area contributed by atoms with Gasteiger partial charge in [0.2, 0.25) is 0 Å². The molecule has 3 aliphatic rings. The number of alkyl halides is 1. The lowest BCUT2D eigenvalue weighted by atomic mass is 10.1. The van der Waals surface area contributed by atoms with Crippen LogP contribution < -0.4 is 21.3 Å². The molecule has 5 nitrogen and oxygen atoms in total. The fourth-order valence-corrected chi connectivity index (χ4v) is 4.17. The van der Waals surface area contributed by atoms with E-state index < -0.39 is 0 Å². The van der Waals surface area contributed by atoms with Gasteiger partial charge in [-0.3, -0.25) is 10.3 Å². The first-order valence-electron chi connectivity index (χ1n) is 8.37. The van der Waals surface area contributed by atoms with Gasteiger partial charge in [0.15, 0.2) is 6.29 Å². The van der Waals surface area contributed by atoms with E-state index in [9.17, 15) is 0 Å². The molecule has 128 valence electrons. The molecule has 3 rings (SSSR count). The number of halogens is 2. The minimum Gasteiger partial charge on any atom is -0.356 e. The van der Waals surface area contributed by atoms with Crippen molar-refractivity contribution in [3.05, 3.63) is 22.0 Å². The summed E-state index contributed by atoms with van der Waals surface area (Å²) < 4.78 is 1.24. The maximum Gasteiger partial charge on any atom is 0.175 e.